The summed E-state index contributed by atoms with van der Waals surface area (Å²) in [6, 6.07) is 10.5. The van der Waals surface area contributed by atoms with Gasteiger partial charge in [-0.1, -0.05) is 37.3 Å². The molecule has 0 spiro atoms. The van der Waals surface area contributed by atoms with E-state index < -0.39 is 0 Å². The molecule has 22 heavy (non-hydrogen) atoms. The van der Waals surface area contributed by atoms with E-state index in [0.29, 0.717) is 0 Å². The second-order valence-corrected chi connectivity index (χ2v) is 7.18. The van der Waals surface area contributed by atoms with Crippen molar-refractivity contribution in [2.45, 2.75) is 32.7 Å². The van der Waals surface area contributed by atoms with Crippen LogP contribution in [-0.4, -0.2) is 9.97 Å². The van der Waals surface area contributed by atoms with Crippen molar-refractivity contribution in [3.63, 3.8) is 0 Å². The number of hydrogen-bond acceptors (Lipinski definition) is 4. The minimum Gasteiger partial charge on any atom is -0.365 e. The number of fused-ring (bicyclic) bond motifs is 3. The minimum atomic E-state index is 0.757. The molecule has 112 valence electrons. The Kier molecular flexibility index (Phi) is 3.54. The van der Waals surface area contributed by atoms with Crippen LogP contribution < -0.4 is 5.32 Å². The number of benzene rings is 1. The van der Waals surface area contributed by atoms with Crippen LogP contribution >= 0.6 is 11.3 Å². The summed E-state index contributed by atoms with van der Waals surface area (Å²) in [4.78, 5) is 11.6. The molecule has 2 heterocycles. The maximum atomic E-state index is 4.51. The molecule has 0 saturated heterocycles. The number of nitrogens with zero attached hydrogens (tertiary/aromatic N) is 2. The van der Waals surface area contributed by atoms with Crippen LogP contribution in [0.25, 0.3) is 10.2 Å². The van der Waals surface area contributed by atoms with Crippen LogP contribution in [-0.2, 0) is 19.4 Å². The van der Waals surface area contributed by atoms with Gasteiger partial charge in [-0.15, -0.1) is 11.3 Å². The number of rotatable bonds is 3. The van der Waals surface area contributed by atoms with E-state index in [-0.39, 0.29) is 0 Å². The first-order valence-corrected chi connectivity index (χ1v) is 8.66. The van der Waals surface area contributed by atoms with Gasteiger partial charge in [-0.2, -0.15) is 0 Å². The van der Waals surface area contributed by atoms with Gasteiger partial charge in [-0.3, -0.25) is 0 Å². The van der Waals surface area contributed by atoms with E-state index in [1.807, 2.05) is 17.4 Å². The first kappa shape index (κ1) is 13.7. The number of hydrogen-bond donors (Lipinski definition) is 1. The molecule has 0 saturated carbocycles. The number of aryl methyl sites for hydroxylation is 1. The van der Waals surface area contributed by atoms with E-state index in [9.17, 15) is 0 Å². The van der Waals surface area contributed by atoms with Gasteiger partial charge in [-0.25, -0.2) is 9.97 Å². The fourth-order valence-electron chi connectivity index (χ4n) is 3.20. The van der Waals surface area contributed by atoms with Crippen molar-refractivity contribution in [2.24, 2.45) is 5.92 Å². The maximum Gasteiger partial charge on any atom is 0.138 e. The van der Waals surface area contributed by atoms with Gasteiger partial charge in [0, 0.05) is 11.4 Å². The van der Waals surface area contributed by atoms with Crippen LogP contribution in [0.4, 0.5) is 5.82 Å². The molecule has 4 heteroatoms. The summed E-state index contributed by atoms with van der Waals surface area (Å²) in [5.74, 6) is 1.74. The topological polar surface area (TPSA) is 37.8 Å². The zero-order valence-electron chi connectivity index (χ0n) is 12.7. The molecule has 1 aliphatic rings. The predicted octanol–water partition coefficient (Wildman–Crippen LogP) is 4.43. The standard InChI is InChI=1S/C18H19N3S/c1-12-7-8-15-14(9-12)16-17(20-11-21-18(16)22-15)19-10-13-5-3-2-4-6-13/h2-6,11-12H,7-10H2,1H3,(H,19,20,21). The Labute approximate surface area is 134 Å². The number of aromatic nitrogens is 2. The summed E-state index contributed by atoms with van der Waals surface area (Å²) < 4.78 is 0. The van der Waals surface area contributed by atoms with Crippen molar-refractivity contribution in [3.05, 3.63) is 52.7 Å². The molecule has 3 aromatic rings. The van der Waals surface area contributed by atoms with Gasteiger partial charge in [0.2, 0.25) is 0 Å². The van der Waals surface area contributed by atoms with E-state index in [1.54, 1.807) is 6.33 Å². The third kappa shape index (κ3) is 2.48. The van der Waals surface area contributed by atoms with Gasteiger partial charge in [0.1, 0.15) is 17.0 Å². The Morgan fingerprint density at radius 2 is 2.09 bits per heavy atom. The quantitative estimate of drug-likeness (QED) is 0.778. The number of nitrogens with one attached hydrogen (secondary N) is 1. The number of thiophene rings is 1. The predicted molar refractivity (Wildman–Crippen MR) is 92.4 cm³/mol. The second kappa shape index (κ2) is 5.69. The van der Waals surface area contributed by atoms with Crippen molar-refractivity contribution in [2.75, 3.05) is 5.32 Å². The first-order valence-electron chi connectivity index (χ1n) is 7.84. The maximum absolute atomic E-state index is 4.51. The smallest absolute Gasteiger partial charge is 0.138 e. The largest absolute Gasteiger partial charge is 0.365 e. The highest BCUT2D eigenvalue weighted by molar-refractivity contribution is 7.19. The Morgan fingerprint density at radius 1 is 1.23 bits per heavy atom. The molecule has 0 amide bonds. The second-order valence-electron chi connectivity index (χ2n) is 6.09. The highest BCUT2D eigenvalue weighted by Gasteiger charge is 2.23. The normalized spacial score (nSPS) is 17.4. The average Bonchev–Trinajstić information content (AvgIpc) is 2.92. The van der Waals surface area contributed by atoms with Gasteiger partial charge in [0.25, 0.3) is 0 Å². The van der Waals surface area contributed by atoms with Crippen LogP contribution in [0.5, 0.6) is 0 Å². The molecule has 2 aromatic heterocycles. The van der Waals surface area contributed by atoms with Gasteiger partial charge < -0.3 is 5.32 Å². The molecule has 1 unspecified atom stereocenters. The lowest BCUT2D eigenvalue weighted by molar-refractivity contribution is 0.508. The van der Waals surface area contributed by atoms with E-state index in [4.69, 9.17) is 0 Å². The summed E-state index contributed by atoms with van der Waals surface area (Å²) in [6.45, 7) is 3.14. The zero-order valence-corrected chi connectivity index (χ0v) is 13.5. The highest BCUT2D eigenvalue weighted by atomic mass is 32.1. The molecular formula is C18H19N3S. The van der Waals surface area contributed by atoms with Gasteiger partial charge in [0.15, 0.2) is 0 Å². The van der Waals surface area contributed by atoms with Crippen molar-refractivity contribution in [1.82, 2.24) is 9.97 Å². The summed E-state index contributed by atoms with van der Waals surface area (Å²) >= 11 is 1.85. The first-order chi connectivity index (χ1) is 10.8. The Morgan fingerprint density at radius 3 is 2.95 bits per heavy atom. The molecule has 0 aliphatic heterocycles. The average molecular weight is 309 g/mol. The van der Waals surface area contributed by atoms with E-state index >= 15 is 0 Å². The van der Waals surface area contributed by atoms with Gasteiger partial charge >= 0.3 is 0 Å². The van der Waals surface area contributed by atoms with Gasteiger partial charge in [-0.05, 0) is 36.3 Å². The lowest BCUT2D eigenvalue weighted by Crippen LogP contribution is -2.10. The summed E-state index contributed by atoms with van der Waals surface area (Å²) in [7, 11) is 0. The lowest BCUT2D eigenvalue weighted by atomic mass is 9.88. The zero-order chi connectivity index (χ0) is 14.9. The van der Waals surface area contributed by atoms with Crippen LogP contribution in [0.2, 0.25) is 0 Å². The summed E-state index contributed by atoms with van der Waals surface area (Å²) in [5, 5.41) is 4.77. The van der Waals surface area contributed by atoms with Crippen molar-refractivity contribution in [3.8, 4) is 0 Å². The molecule has 1 aliphatic carbocycles. The molecule has 0 fully saturated rings. The summed E-state index contributed by atoms with van der Waals surface area (Å²) in [6.07, 6.45) is 5.32. The van der Waals surface area contributed by atoms with Crippen molar-refractivity contribution >= 4 is 27.4 Å². The Hall–Kier alpha value is -1.94. The van der Waals surface area contributed by atoms with E-state index in [2.05, 4.69) is 46.5 Å². The van der Waals surface area contributed by atoms with Crippen LogP contribution in [0, 0.1) is 5.92 Å². The molecule has 3 nitrogen and oxygen atoms in total. The molecule has 1 aromatic carbocycles. The van der Waals surface area contributed by atoms with E-state index in [0.717, 1.165) is 29.5 Å². The van der Waals surface area contributed by atoms with Crippen molar-refractivity contribution in [1.29, 1.82) is 0 Å². The molecule has 0 radical (unpaired) electrons. The molecule has 1 atom stereocenters. The summed E-state index contributed by atoms with van der Waals surface area (Å²) in [5.41, 5.74) is 2.75. The molecule has 0 bridgehead atoms. The number of anilines is 1. The fourth-order valence-corrected chi connectivity index (χ4v) is 4.38. The van der Waals surface area contributed by atoms with Crippen molar-refractivity contribution < 1.29 is 0 Å². The third-order valence-corrected chi connectivity index (χ3v) is 5.59. The van der Waals surface area contributed by atoms with Crippen LogP contribution in [0.3, 0.4) is 0 Å². The fraction of sp³-hybridized carbons (Fsp3) is 0.333. The Balaban J connectivity index is 1.70. The Bertz CT molecular complexity index is 795. The molecule has 4 rings (SSSR count). The molecular weight excluding hydrogens is 290 g/mol. The van der Waals surface area contributed by atoms with Crippen LogP contribution in [0.1, 0.15) is 29.3 Å². The monoisotopic (exact) mass is 309 g/mol. The van der Waals surface area contributed by atoms with E-state index in [1.165, 1.54) is 34.2 Å². The lowest BCUT2D eigenvalue weighted by Gasteiger charge is -2.18. The minimum absolute atomic E-state index is 0.757. The third-order valence-electron chi connectivity index (χ3n) is 4.39. The van der Waals surface area contributed by atoms with Crippen LogP contribution in [0.15, 0.2) is 36.7 Å². The SMILES string of the molecule is CC1CCc2sc3ncnc(NCc4ccccc4)c3c2C1. The van der Waals surface area contributed by atoms with Gasteiger partial charge in [0.05, 0.1) is 5.39 Å². The highest BCUT2D eigenvalue weighted by Crippen LogP contribution is 2.39. The molecule has 1 N–H and O–H groups in total.